The Hall–Kier alpha value is -2.45. The highest BCUT2D eigenvalue weighted by atomic mass is 32.1. The van der Waals surface area contributed by atoms with Gasteiger partial charge < -0.3 is 20.5 Å². The van der Waals surface area contributed by atoms with Gasteiger partial charge in [0, 0.05) is 10.6 Å². The highest BCUT2D eigenvalue weighted by Crippen LogP contribution is 2.37. The predicted octanol–water partition coefficient (Wildman–Crippen LogP) is 5.01. The molecule has 29 heavy (non-hydrogen) atoms. The standard InChI is InChI=1S/C21H24N2O4S2/c1-12-9-10-13(19(24)25)11-15(12)22-21(28)23-18-17(20(26)27-2)14-7-5-3-4-6-8-16(14)29-18/h9-11H,3-8H2,1-2H3,(H,24,25)(H2,22,23,28). The summed E-state index contributed by atoms with van der Waals surface area (Å²) in [6.45, 7) is 1.87. The number of fused-ring (bicyclic) bond motifs is 1. The number of esters is 1. The van der Waals surface area contributed by atoms with Crippen molar-refractivity contribution in [2.45, 2.75) is 45.4 Å². The van der Waals surface area contributed by atoms with Gasteiger partial charge in [-0.2, -0.15) is 0 Å². The highest BCUT2D eigenvalue weighted by molar-refractivity contribution is 7.80. The molecule has 6 nitrogen and oxygen atoms in total. The van der Waals surface area contributed by atoms with Crippen molar-refractivity contribution in [2.24, 2.45) is 0 Å². The highest BCUT2D eigenvalue weighted by Gasteiger charge is 2.25. The van der Waals surface area contributed by atoms with Gasteiger partial charge in [0.2, 0.25) is 0 Å². The molecule has 0 bridgehead atoms. The third kappa shape index (κ3) is 4.94. The number of carboxylic acid groups (broad SMARTS) is 1. The zero-order chi connectivity index (χ0) is 21.0. The van der Waals surface area contributed by atoms with E-state index in [0.717, 1.165) is 43.2 Å². The zero-order valence-electron chi connectivity index (χ0n) is 16.5. The molecule has 0 amide bonds. The molecule has 1 aliphatic rings. The Morgan fingerprint density at radius 3 is 2.55 bits per heavy atom. The molecule has 0 atom stereocenters. The van der Waals surface area contributed by atoms with E-state index in [4.69, 9.17) is 17.0 Å². The summed E-state index contributed by atoms with van der Waals surface area (Å²) in [5, 5.41) is 16.4. The van der Waals surface area contributed by atoms with Gasteiger partial charge in [0.15, 0.2) is 5.11 Å². The molecule has 0 spiro atoms. The molecule has 1 aliphatic carbocycles. The lowest BCUT2D eigenvalue weighted by Gasteiger charge is -2.13. The van der Waals surface area contributed by atoms with E-state index < -0.39 is 5.97 Å². The molecule has 0 saturated heterocycles. The van der Waals surface area contributed by atoms with Crippen molar-refractivity contribution < 1.29 is 19.4 Å². The molecule has 3 rings (SSSR count). The predicted molar refractivity (Wildman–Crippen MR) is 120 cm³/mol. The second-order valence-electron chi connectivity index (χ2n) is 7.03. The molecule has 0 aliphatic heterocycles. The number of hydrogen-bond acceptors (Lipinski definition) is 5. The van der Waals surface area contributed by atoms with Crippen LogP contribution in [0, 0.1) is 6.92 Å². The number of hydrogen-bond donors (Lipinski definition) is 3. The van der Waals surface area contributed by atoms with E-state index in [1.807, 2.05) is 6.92 Å². The molecule has 0 radical (unpaired) electrons. The zero-order valence-corrected chi connectivity index (χ0v) is 18.1. The normalized spacial score (nSPS) is 13.6. The molecule has 3 N–H and O–H groups in total. The fraction of sp³-hybridized carbons (Fsp3) is 0.381. The summed E-state index contributed by atoms with van der Waals surface area (Å²) in [5.74, 6) is -1.37. The third-order valence-electron chi connectivity index (χ3n) is 5.02. The van der Waals surface area contributed by atoms with Crippen LogP contribution in [0.25, 0.3) is 0 Å². The summed E-state index contributed by atoms with van der Waals surface area (Å²) in [4.78, 5) is 24.9. The van der Waals surface area contributed by atoms with E-state index in [2.05, 4.69) is 10.6 Å². The van der Waals surface area contributed by atoms with Crippen LogP contribution < -0.4 is 10.6 Å². The van der Waals surface area contributed by atoms with E-state index in [0.29, 0.717) is 21.4 Å². The van der Waals surface area contributed by atoms with Crippen molar-refractivity contribution in [3.63, 3.8) is 0 Å². The Kier molecular flexibility index (Phi) is 6.87. The quantitative estimate of drug-likeness (QED) is 0.462. The Morgan fingerprint density at radius 1 is 1.14 bits per heavy atom. The summed E-state index contributed by atoms with van der Waals surface area (Å²) in [6, 6.07) is 4.82. The number of methoxy groups -OCH3 is 1. The number of nitrogens with one attached hydrogen (secondary N) is 2. The van der Waals surface area contributed by atoms with Crippen molar-refractivity contribution in [2.75, 3.05) is 17.7 Å². The number of rotatable bonds is 4. The minimum absolute atomic E-state index is 0.176. The fourth-order valence-electron chi connectivity index (χ4n) is 3.47. The van der Waals surface area contributed by atoms with Crippen LogP contribution in [-0.2, 0) is 17.6 Å². The van der Waals surface area contributed by atoms with E-state index >= 15 is 0 Å². The maximum absolute atomic E-state index is 12.5. The Balaban J connectivity index is 1.86. The third-order valence-corrected chi connectivity index (χ3v) is 6.43. The van der Waals surface area contributed by atoms with Crippen LogP contribution in [0.4, 0.5) is 10.7 Å². The molecule has 8 heteroatoms. The fourth-order valence-corrected chi connectivity index (χ4v) is 5.03. The molecule has 2 aromatic rings. The first-order valence-electron chi connectivity index (χ1n) is 9.55. The molecular formula is C21H24N2O4S2. The number of aryl methyl sites for hydroxylation is 2. The molecule has 0 fully saturated rings. The Bertz CT molecular complexity index is 952. The van der Waals surface area contributed by atoms with Crippen LogP contribution >= 0.6 is 23.6 Å². The number of aromatic carboxylic acids is 1. The maximum atomic E-state index is 12.5. The monoisotopic (exact) mass is 432 g/mol. The first kappa shape index (κ1) is 21.3. The van der Waals surface area contributed by atoms with Crippen LogP contribution in [0.2, 0.25) is 0 Å². The Labute approximate surface area is 179 Å². The maximum Gasteiger partial charge on any atom is 0.341 e. The van der Waals surface area contributed by atoms with Crippen molar-refractivity contribution >= 4 is 51.3 Å². The van der Waals surface area contributed by atoms with Gasteiger partial charge in [0.05, 0.1) is 18.2 Å². The van der Waals surface area contributed by atoms with Crippen LogP contribution in [-0.4, -0.2) is 29.3 Å². The van der Waals surface area contributed by atoms with Crippen molar-refractivity contribution in [1.29, 1.82) is 0 Å². The second kappa shape index (κ2) is 9.37. The summed E-state index contributed by atoms with van der Waals surface area (Å²) in [7, 11) is 1.39. The van der Waals surface area contributed by atoms with Crippen LogP contribution in [0.15, 0.2) is 18.2 Å². The summed E-state index contributed by atoms with van der Waals surface area (Å²) >= 11 is 6.99. The topological polar surface area (TPSA) is 87.7 Å². The van der Waals surface area contributed by atoms with E-state index in [1.54, 1.807) is 29.5 Å². The van der Waals surface area contributed by atoms with Crippen molar-refractivity contribution in [3.05, 3.63) is 45.3 Å². The number of carbonyl (C=O) groups excluding carboxylic acids is 1. The molecule has 1 aromatic carbocycles. The van der Waals surface area contributed by atoms with Gasteiger partial charge in [0.1, 0.15) is 5.00 Å². The van der Waals surface area contributed by atoms with Crippen molar-refractivity contribution in [1.82, 2.24) is 0 Å². The lowest BCUT2D eigenvalue weighted by atomic mass is 9.96. The lowest BCUT2D eigenvalue weighted by molar-refractivity contribution is 0.0600. The average molecular weight is 433 g/mol. The average Bonchev–Trinajstić information content (AvgIpc) is 2.98. The minimum Gasteiger partial charge on any atom is -0.478 e. The van der Waals surface area contributed by atoms with Gasteiger partial charge in [-0.25, -0.2) is 9.59 Å². The molecule has 0 unspecified atom stereocenters. The van der Waals surface area contributed by atoms with E-state index in [-0.39, 0.29) is 11.5 Å². The van der Waals surface area contributed by atoms with Crippen LogP contribution in [0.5, 0.6) is 0 Å². The first-order valence-corrected chi connectivity index (χ1v) is 10.8. The lowest BCUT2D eigenvalue weighted by Crippen LogP contribution is -2.21. The molecule has 154 valence electrons. The number of anilines is 2. The van der Waals surface area contributed by atoms with Gasteiger partial charge >= 0.3 is 11.9 Å². The summed E-state index contributed by atoms with van der Waals surface area (Å²) < 4.78 is 5.03. The van der Waals surface area contributed by atoms with Gasteiger partial charge in [-0.05, 0) is 68.1 Å². The number of carbonyl (C=O) groups is 2. The molecule has 1 heterocycles. The second-order valence-corrected chi connectivity index (χ2v) is 8.54. The summed E-state index contributed by atoms with van der Waals surface area (Å²) in [5.41, 5.74) is 3.28. The SMILES string of the molecule is COC(=O)c1c(NC(=S)Nc2cc(C(=O)O)ccc2C)sc2c1CCCCCC2. The number of thiocarbonyl (C=S) groups is 1. The van der Waals surface area contributed by atoms with Crippen LogP contribution in [0.1, 0.15) is 62.4 Å². The van der Waals surface area contributed by atoms with Gasteiger partial charge in [-0.3, -0.25) is 0 Å². The number of thiophene rings is 1. The number of benzene rings is 1. The van der Waals surface area contributed by atoms with Gasteiger partial charge in [-0.1, -0.05) is 18.9 Å². The number of carboxylic acids is 1. The van der Waals surface area contributed by atoms with Gasteiger partial charge in [0.25, 0.3) is 0 Å². The largest absolute Gasteiger partial charge is 0.478 e. The van der Waals surface area contributed by atoms with Gasteiger partial charge in [-0.15, -0.1) is 11.3 Å². The summed E-state index contributed by atoms with van der Waals surface area (Å²) in [6.07, 6.45) is 6.34. The molecule has 1 aromatic heterocycles. The number of ether oxygens (including phenoxy) is 1. The molecular weight excluding hydrogens is 408 g/mol. The molecule has 0 saturated carbocycles. The van der Waals surface area contributed by atoms with E-state index in [1.165, 1.54) is 18.4 Å². The van der Waals surface area contributed by atoms with Crippen molar-refractivity contribution in [3.8, 4) is 0 Å². The first-order chi connectivity index (χ1) is 13.9. The Morgan fingerprint density at radius 2 is 1.86 bits per heavy atom. The van der Waals surface area contributed by atoms with Crippen LogP contribution in [0.3, 0.4) is 0 Å². The minimum atomic E-state index is -1.00. The van der Waals surface area contributed by atoms with E-state index in [9.17, 15) is 14.7 Å². The smallest absolute Gasteiger partial charge is 0.341 e.